The first-order valence-electron chi connectivity index (χ1n) is 7.00. The molecular weight excluding hydrogens is 230 g/mol. The maximum absolute atomic E-state index is 2.32. The van der Waals surface area contributed by atoms with Crippen LogP contribution in [0.15, 0.2) is 48.5 Å². The maximum Gasteiger partial charge on any atom is 0.0491 e. The number of aryl methyl sites for hydroxylation is 2. The Morgan fingerprint density at radius 1 is 0.947 bits per heavy atom. The lowest BCUT2D eigenvalue weighted by molar-refractivity contribution is 0.910. The Labute approximate surface area is 113 Å². The molecule has 0 radical (unpaired) electrons. The number of benzene rings is 2. The molecule has 0 amide bonds. The van der Waals surface area contributed by atoms with Gasteiger partial charge in [-0.3, -0.25) is 0 Å². The van der Waals surface area contributed by atoms with Crippen molar-refractivity contribution < 1.29 is 0 Å². The minimum Gasteiger partial charge on any atom is -0.344 e. The molecule has 1 aromatic heterocycles. The van der Waals surface area contributed by atoms with Gasteiger partial charge in [0.25, 0.3) is 0 Å². The molecule has 1 aliphatic rings. The molecule has 0 unspecified atom stereocenters. The molecule has 0 bridgehead atoms. The molecule has 0 saturated carbocycles. The summed E-state index contributed by atoms with van der Waals surface area (Å²) in [6.45, 7) is 0. The average Bonchev–Trinajstić information content (AvgIpc) is 3.04. The van der Waals surface area contributed by atoms with Crippen molar-refractivity contribution in [1.82, 2.24) is 4.57 Å². The Morgan fingerprint density at radius 3 is 2.74 bits per heavy atom. The van der Waals surface area contributed by atoms with E-state index in [0.29, 0.717) is 0 Å². The molecule has 3 aromatic rings. The fraction of sp³-hybridized carbons (Fsp3) is 0.222. The lowest BCUT2D eigenvalue weighted by Crippen LogP contribution is -1.95. The van der Waals surface area contributed by atoms with Crippen molar-refractivity contribution in [3.63, 3.8) is 0 Å². The molecule has 4 rings (SSSR count). The topological polar surface area (TPSA) is 4.93 Å². The zero-order valence-electron chi connectivity index (χ0n) is 11.2. The molecule has 0 spiro atoms. The Morgan fingerprint density at radius 2 is 1.84 bits per heavy atom. The number of aromatic nitrogens is 1. The van der Waals surface area contributed by atoms with E-state index in [2.05, 4.69) is 60.1 Å². The van der Waals surface area contributed by atoms with Crippen molar-refractivity contribution in [2.45, 2.75) is 19.3 Å². The summed E-state index contributed by atoms with van der Waals surface area (Å²) in [4.78, 5) is 0. The molecule has 1 aliphatic carbocycles. The summed E-state index contributed by atoms with van der Waals surface area (Å²) in [5.41, 5.74) is 7.19. The number of rotatable bonds is 1. The first-order chi connectivity index (χ1) is 9.34. The van der Waals surface area contributed by atoms with E-state index >= 15 is 0 Å². The molecule has 1 nitrogen and oxygen atoms in total. The van der Waals surface area contributed by atoms with E-state index in [-0.39, 0.29) is 0 Å². The molecule has 2 aromatic carbocycles. The van der Waals surface area contributed by atoms with Crippen LogP contribution in [0.25, 0.3) is 22.2 Å². The maximum atomic E-state index is 2.32. The third-order valence-electron chi connectivity index (χ3n) is 4.37. The number of hydrogen-bond donors (Lipinski definition) is 0. The van der Waals surface area contributed by atoms with E-state index in [9.17, 15) is 0 Å². The zero-order chi connectivity index (χ0) is 12.8. The van der Waals surface area contributed by atoms with Gasteiger partial charge in [-0.15, -0.1) is 0 Å². The molecule has 1 heterocycles. The third-order valence-corrected chi connectivity index (χ3v) is 4.37. The predicted octanol–water partition coefficient (Wildman–Crippen LogP) is 4.33. The second kappa shape index (κ2) is 3.99. The number of para-hydroxylation sites is 1. The monoisotopic (exact) mass is 247 g/mol. The van der Waals surface area contributed by atoms with Crippen molar-refractivity contribution in [3.8, 4) is 11.3 Å². The minimum atomic E-state index is 1.23. The molecule has 0 N–H and O–H groups in total. The van der Waals surface area contributed by atoms with E-state index in [1.165, 1.54) is 41.4 Å². The van der Waals surface area contributed by atoms with Gasteiger partial charge in [0.2, 0.25) is 0 Å². The fourth-order valence-electron chi connectivity index (χ4n) is 3.41. The van der Waals surface area contributed by atoms with E-state index in [0.717, 1.165) is 0 Å². The number of fused-ring (bicyclic) bond motifs is 2. The second-order valence-electron chi connectivity index (χ2n) is 5.44. The highest BCUT2D eigenvalue weighted by Crippen LogP contribution is 2.34. The van der Waals surface area contributed by atoms with Gasteiger partial charge in [0, 0.05) is 29.2 Å². The summed E-state index contributed by atoms with van der Waals surface area (Å²) in [6, 6.07) is 17.7. The van der Waals surface area contributed by atoms with Crippen LogP contribution in [0.1, 0.15) is 17.5 Å². The molecule has 0 saturated heterocycles. The zero-order valence-corrected chi connectivity index (χ0v) is 11.2. The second-order valence-corrected chi connectivity index (χ2v) is 5.44. The first-order valence-corrected chi connectivity index (χ1v) is 7.00. The Hall–Kier alpha value is -2.02. The van der Waals surface area contributed by atoms with E-state index < -0.39 is 0 Å². The van der Waals surface area contributed by atoms with Gasteiger partial charge in [0.15, 0.2) is 0 Å². The largest absolute Gasteiger partial charge is 0.344 e. The van der Waals surface area contributed by atoms with Crippen molar-refractivity contribution >= 4 is 10.9 Å². The fourth-order valence-corrected chi connectivity index (χ4v) is 3.41. The van der Waals surface area contributed by atoms with Gasteiger partial charge in [-0.2, -0.15) is 0 Å². The summed E-state index contributed by atoms with van der Waals surface area (Å²) in [7, 11) is 2.17. The van der Waals surface area contributed by atoms with Crippen LogP contribution in [0.5, 0.6) is 0 Å². The van der Waals surface area contributed by atoms with Crippen LogP contribution in [0.2, 0.25) is 0 Å². The van der Waals surface area contributed by atoms with Crippen LogP contribution in [0, 0.1) is 0 Å². The van der Waals surface area contributed by atoms with Gasteiger partial charge in [0.05, 0.1) is 0 Å². The molecule has 0 aliphatic heterocycles. The predicted molar refractivity (Wildman–Crippen MR) is 80.4 cm³/mol. The SMILES string of the molecule is Cn1c(-c2cccc3c2CCC3)cc2ccccc21. The third kappa shape index (κ3) is 1.54. The van der Waals surface area contributed by atoms with E-state index in [4.69, 9.17) is 0 Å². The highest BCUT2D eigenvalue weighted by atomic mass is 14.9. The van der Waals surface area contributed by atoms with Gasteiger partial charge in [-0.05, 0) is 42.5 Å². The van der Waals surface area contributed by atoms with Crippen LogP contribution in [0.3, 0.4) is 0 Å². The van der Waals surface area contributed by atoms with Crippen molar-refractivity contribution in [2.24, 2.45) is 7.05 Å². The number of hydrogen-bond acceptors (Lipinski definition) is 0. The Balaban J connectivity index is 2.01. The smallest absolute Gasteiger partial charge is 0.0491 e. The van der Waals surface area contributed by atoms with Crippen molar-refractivity contribution in [3.05, 3.63) is 59.7 Å². The molecule has 0 atom stereocenters. The summed E-state index contributed by atoms with van der Waals surface area (Å²) < 4.78 is 2.32. The van der Waals surface area contributed by atoms with Crippen molar-refractivity contribution in [2.75, 3.05) is 0 Å². The number of nitrogens with zero attached hydrogens (tertiary/aromatic N) is 1. The van der Waals surface area contributed by atoms with Gasteiger partial charge < -0.3 is 4.57 Å². The quantitative estimate of drug-likeness (QED) is 0.603. The summed E-state index contributed by atoms with van der Waals surface area (Å²) in [5, 5.41) is 1.33. The highest BCUT2D eigenvalue weighted by molar-refractivity contribution is 5.87. The van der Waals surface area contributed by atoms with Gasteiger partial charge in [0.1, 0.15) is 0 Å². The van der Waals surface area contributed by atoms with E-state index in [1.807, 2.05) is 0 Å². The van der Waals surface area contributed by atoms with Crippen LogP contribution in [-0.4, -0.2) is 4.57 Å². The molecule has 0 fully saturated rings. The molecule has 94 valence electrons. The Bertz CT molecular complexity index is 764. The Kier molecular flexibility index (Phi) is 2.28. The highest BCUT2D eigenvalue weighted by Gasteiger charge is 2.17. The minimum absolute atomic E-state index is 1.23. The van der Waals surface area contributed by atoms with Gasteiger partial charge >= 0.3 is 0 Å². The lowest BCUT2D eigenvalue weighted by atomic mass is 10.0. The van der Waals surface area contributed by atoms with Gasteiger partial charge in [-0.25, -0.2) is 0 Å². The van der Waals surface area contributed by atoms with Crippen LogP contribution >= 0.6 is 0 Å². The molecule has 1 heteroatoms. The average molecular weight is 247 g/mol. The first kappa shape index (κ1) is 10.9. The van der Waals surface area contributed by atoms with Crippen molar-refractivity contribution in [1.29, 1.82) is 0 Å². The van der Waals surface area contributed by atoms with Gasteiger partial charge in [-0.1, -0.05) is 36.4 Å². The van der Waals surface area contributed by atoms with Crippen LogP contribution < -0.4 is 0 Å². The molecular formula is C18H17N. The van der Waals surface area contributed by atoms with Crippen LogP contribution in [-0.2, 0) is 19.9 Å². The lowest BCUT2D eigenvalue weighted by Gasteiger charge is -2.10. The normalized spacial score (nSPS) is 13.9. The summed E-state index contributed by atoms with van der Waals surface area (Å²) in [6.07, 6.45) is 3.77. The summed E-state index contributed by atoms with van der Waals surface area (Å²) >= 11 is 0. The molecule has 19 heavy (non-hydrogen) atoms. The van der Waals surface area contributed by atoms with E-state index in [1.54, 1.807) is 11.1 Å². The standard InChI is InChI=1S/C18H17N/c1-19-17-11-3-2-6-14(17)12-18(19)16-10-5-8-13-7-4-9-15(13)16/h2-3,5-6,8,10-12H,4,7,9H2,1H3. The summed E-state index contributed by atoms with van der Waals surface area (Å²) in [5.74, 6) is 0. The van der Waals surface area contributed by atoms with Crippen LogP contribution in [0.4, 0.5) is 0 Å².